The number of aromatic nitrogens is 1. The van der Waals surface area contributed by atoms with Crippen LogP contribution in [0.2, 0.25) is 0 Å². The molecule has 0 aromatic carbocycles. The molecule has 0 amide bonds. The van der Waals surface area contributed by atoms with Gasteiger partial charge in [-0.1, -0.05) is 0 Å². The van der Waals surface area contributed by atoms with Crippen molar-refractivity contribution in [2.45, 2.75) is 25.7 Å². The molecule has 0 radical (unpaired) electrons. The summed E-state index contributed by atoms with van der Waals surface area (Å²) in [6.45, 7) is 2.33. The Balaban J connectivity index is 2.03. The molecule has 2 heterocycles. The van der Waals surface area contributed by atoms with Crippen LogP contribution in [0, 0.1) is 17.2 Å². The molecule has 1 saturated heterocycles. The van der Waals surface area contributed by atoms with E-state index in [1.165, 1.54) is 0 Å². The Morgan fingerprint density at radius 2 is 2.25 bits per heavy atom. The summed E-state index contributed by atoms with van der Waals surface area (Å²) in [6, 6.07) is 4.32. The summed E-state index contributed by atoms with van der Waals surface area (Å²) in [4.78, 5) is 6.20. The van der Waals surface area contributed by atoms with Crippen LogP contribution in [-0.4, -0.2) is 36.9 Å². The van der Waals surface area contributed by atoms with Crippen molar-refractivity contribution < 1.29 is 9.84 Å². The number of rotatable bonds is 5. The van der Waals surface area contributed by atoms with Crippen LogP contribution in [0.25, 0.3) is 0 Å². The molecule has 1 aliphatic heterocycles. The number of methoxy groups -OCH3 is 1. The van der Waals surface area contributed by atoms with E-state index in [9.17, 15) is 5.11 Å². The first-order valence-corrected chi connectivity index (χ1v) is 7.06. The van der Waals surface area contributed by atoms with Crippen molar-refractivity contribution in [3.05, 3.63) is 17.8 Å². The molecule has 108 valence electrons. The van der Waals surface area contributed by atoms with Gasteiger partial charge in [0.2, 0.25) is 5.88 Å². The summed E-state index contributed by atoms with van der Waals surface area (Å²) in [5, 5.41) is 18.9. The predicted octanol–water partition coefficient (Wildman–Crippen LogP) is 2.11. The average molecular weight is 275 g/mol. The highest BCUT2D eigenvalue weighted by Gasteiger charge is 2.21. The molecule has 0 aliphatic carbocycles. The molecule has 1 fully saturated rings. The fraction of sp³-hybridized carbons (Fsp3) is 0.600. The molecular formula is C15H21N3O2. The largest absolute Gasteiger partial charge is 0.492 e. The second-order valence-electron chi connectivity index (χ2n) is 5.17. The van der Waals surface area contributed by atoms with Crippen molar-refractivity contribution >= 4 is 5.69 Å². The minimum absolute atomic E-state index is 0.0795. The van der Waals surface area contributed by atoms with E-state index in [1.54, 1.807) is 13.3 Å². The number of hydrogen-bond acceptors (Lipinski definition) is 5. The number of nitrogens with zero attached hydrogens (tertiary/aromatic N) is 3. The van der Waals surface area contributed by atoms with Crippen molar-refractivity contribution in [1.82, 2.24) is 4.98 Å². The van der Waals surface area contributed by atoms with Crippen molar-refractivity contribution in [3.63, 3.8) is 0 Å². The second-order valence-corrected chi connectivity index (χ2v) is 5.17. The SMILES string of the molecule is COCCCc1cnc(O)c(N2CCC(C#N)CC2)c1. The van der Waals surface area contributed by atoms with Crippen LogP contribution in [0.5, 0.6) is 5.88 Å². The predicted molar refractivity (Wildman–Crippen MR) is 76.6 cm³/mol. The van der Waals surface area contributed by atoms with Gasteiger partial charge in [-0.25, -0.2) is 4.98 Å². The highest BCUT2D eigenvalue weighted by atomic mass is 16.5. The van der Waals surface area contributed by atoms with Gasteiger partial charge in [-0.05, 0) is 37.3 Å². The summed E-state index contributed by atoms with van der Waals surface area (Å²) >= 11 is 0. The molecule has 5 nitrogen and oxygen atoms in total. The van der Waals surface area contributed by atoms with E-state index in [-0.39, 0.29) is 11.8 Å². The number of aryl methyl sites for hydroxylation is 1. The third-order valence-electron chi connectivity index (χ3n) is 3.74. The topological polar surface area (TPSA) is 69.4 Å². The molecular weight excluding hydrogens is 254 g/mol. The van der Waals surface area contributed by atoms with Crippen LogP contribution in [0.4, 0.5) is 5.69 Å². The smallest absolute Gasteiger partial charge is 0.235 e. The Labute approximate surface area is 119 Å². The summed E-state index contributed by atoms with van der Waals surface area (Å²) in [5.41, 5.74) is 1.90. The van der Waals surface area contributed by atoms with Gasteiger partial charge in [0.05, 0.1) is 11.8 Å². The number of pyridine rings is 1. The summed E-state index contributed by atoms with van der Waals surface area (Å²) < 4.78 is 5.05. The van der Waals surface area contributed by atoms with Crippen molar-refractivity contribution in [1.29, 1.82) is 5.26 Å². The lowest BCUT2D eigenvalue weighted by atomic mass is 9.98. The third kappa shape index (κ3) is 3.61. The summed E-state index contributed by atoms with van der Waals surface area (Å²) in [6.07, 6.45) is 5.26. The number of aromatic hydroxyl groups is 1. The molecule has 0 saturated carbocycles. The molecule has 5 heteroatoms. The van der Waals surface area contributed by atoms with Gasteiger partial charge in [-0.2, -0.15) is 5.26 Å². The Kier molecular flexibility index (Phi) is 5.19. The lowest BCUT2D eigenvalue weighted by Gasteiger charge is -2.31. The van der Waals surface area contributed by atoms with Gasteiger partial charge in [0.15, 0.2) is 0 Å². The Bertz CT molecular complexity index is 476. The van der Waals surface area contributed by atoms with Gasteiger partial charge in [0.25, 0.3) is 0 Å². The lowest BCUT2D eigenvalue weighted by Crippen LogP contribution is -2.33. The molecule has 1 aromatic rings. The Hall–Kier alpha value is -1.80. The van der Waals surface area contributed by atoms with Gasteiger partial charge in [0.1, 0.15) is 0 Å². The Morgan fingerprint density at radius 1 is 1.50 bits per heavy atom. The van der Waals surface area contributed by atoms with Gasteiger partial charge in [-0.3, -0.25) is 0 Å². The highest BCUT2D eigenvalue weighted by Crippen LogP contribution is 2.30. The quantitative estimate of drug-likeness (QED) is 0.833. The maximum absolute atomic E-state index is 9.94. The fourth-order valence-electron chi connectivity index (χ4n) is 2.53. The number of nitriles is 1. The monoisotopic (exact) mass is 275 g/mol. The van der Waals surface area contributed by atoms with E-state index in [4.69, 9.17) is 10.00 Å². The van der Waals surface area contributed by atoms with Gasteiger partial charge in [0, 0.05) is 38.9 Å². The van der Waals surface area contributed by atoms with Crippen LogP contribution in [-0.2, 0) is 11.2 Å². The van der Waals surface area contributed by atoms with Crippen LogP contribution < -0.4 is 4.90 Å². The number of ether oxygens (including phenoxy) is 1. The van der Waals surface area contributed by atoms with Crippen LogP contribution in [0.15, 0.2) is 12.3 Å². The van der Waals surface area contributed by atoms with Crippen molar-refractivity contribution in [3.8, 4) is 11.9 Å². The van der Waals surface area contributed by atoms with E-state index >= 15 is 0 Å². The highest BCUT2D eigenvalue weighted by molar-refractivity contribution is 5.56. The molecule has 0 unspecified atom stereocenters. The van der Waals surface area contributed by atoms with E-state index in [1.807, 2.05) is 6.07 Å². The van der Waals surface area contributed by atoms with E-state index < -0.39 is 0 Å². The van der Waals surface area contributed by atoms with Gasteiger partial charge in [-0.15, -0.1) is 0 Å². The lowest BCUT2D eigenvalue weighted by molar-refractivity contribution is 0.195. The zero-order chi connectivity index (χ0) is 14.4. The zero-order valence-electron chi connectivity index (χ0n) is 11.9. The van der Waals surface area contributed by atoms with Gasteiger partial charge >= 0.3 is 0 Å². The fourth-order valence-corrected chi connectivity index (χ4v) is 2.53. The second kappa shape index (κ2) is 7.11. The van der Waals surface area contributed by atoms with E-state index in [0.29, 0.717) is 0 Å². The maximum Gasteiger partial charge on any atom is 0.235 e. The number of anilines is 1. The van der Waals surface area contributed by atoms with Crippen LogP contribution in [0.3, 0.4) is 0 Å². The summed E-state index contributed by atoms with van der Waals surface area (Å²) in [7, 11) is 1.69. The molecule has 1 aromatic heterocycles. The third-order valence-corrected chi connectivity index (χ3v) is 3.74. The number of hydrogen-bond donors (Lipinski definition) is 1. The standard InChI is InChI=1S/C15H21N3O2/c1-20-8-2-3-13-9-14(15(19)17-11-13)18-6-4-12(10-16)5-7-18/h9,11-12H,2-8H2,1H3,(H,17,19). The van der Waals surface area contributed by atoms with Crippen LogP contribution >= 0.6 is 0 Å². The number of piperidine rings is 1. The molecule has 2 rings (SSSR count). The Morgan fingerprint density at radius 3 is 2.90 bits per heavy atom. The van der Waals surface area contributed by atoms with Crippen molar-refractivity contribution in [2.75, 3.05) is 31.7 Å². The van der Waals surface area contributed by atoms with Gasteiger partial charge < -0.3 is 14.7 Å². The average Bonchev–Trinajstić information content (AvgIpc) is 2.49. The molecule has 0 bridgehead atoms. The zero-order valence-corrected chi connectivity index (χ0v) is 11.9. The first kappa shape index (κ1) is 14.6. The van der Waals surface area contributed by atoms with Crippen molar-refractivity contribution in [2.24, 2.45) is 5.92 Å². The molecule has 1 N–H and O–H groups in total. The first-order chi connectivity index (χ1) is 9.74. The minimum Gasteiger partial charge on any atom is -0.492 e. The minimum atomic E-state index is 0.0795. The normalized spacial score (nSPS) is 16.1. The molecule has 0 atom stereocenters. The summed E-state index contributed by atoms with van der Waals surface area (Å²) in [5.74, 6) is 0.224. The first-order valence-electron chi connectivity index (χ1n) is 7.06. The maximum atomic E-state index is 9.94. The van der Waals surface area contributed by atoms with Crippen LogP contribution in [0.1, 0.15) is 24.8 Å². The van der Waals surface area contributed by atoms with E-state index in [0.717, 1.165) is 56.6 Å². The van der Waals surface area contributed by atoms with E-state index in [2.05, 4.69) is 16.0 Å². The molecule has 1 aliphatic rings. The molecule has 0 spiro atoms. The molecule has 20 heavy (non-hydrogen) atoms.